The summed E-state index contributed by atoms with van der Waals surface area (Å²) in [5.74, 6) is 0.774. The quantitative estimate of drug-likeness (QED) is 0.741. The van der Waals surface area contributed by atoms with Crippen LogP contribution in [0, 0.1) is 0 Å². The molecule has 0 saturated carbocycles. The average Bonchev–Trinajstić information content (AvgIpc) is 3.10. The average molecular weight is 354 g/mol. The largest absolute Gasteiger partial charge is 0.454 e. The Labute approximate surface area is 150 Å². The van der Waals surface area contributed by atoms with Crippen LogP contribution >= 0.6 is 11.6 Å². The van der Waals surface area contributed by atoms with Crippen molar-refractivity contribution in [3.8, 4) is 11.5 Å². The number of hydrogen-bond donors (Lipinski definition) is 1. The molecule has 1 N–H and O–H groups in total. The lowest BCUT2D eigenvalue weighted by Crippen LogP contribution is -2.26. The number of amides is 1. The van der Waals surface area contributed by atoms with E-state index in [1.165, 1.54) is 0 Å². The molecule has 0 radical (unpaired) electrons. The first-order chi connectivity index (χ1) is 12.1. The summed E-state index contributed by atoms with van der Waals surface area (Å²) in [6.07, 6.45) is 0. The summed E-state index contributed by atoms with van der Waals surface area (Å²) in [5, 5.41) is 5.67. The first-order valence-corrected chi connectivity index (χ1v) is 8.39. The molecule has 0 unspecified atom stereocenters. The van der Waals surface area contributed by atoms with Crippen molar-refractivity contribution in [2.24, 2.45) is 0 Å². The second-order valence-electron chi connectivity index (χ2n) is 5.96. The van der Waals surface area contributed by atoms with E-state index in [-0.39, 0.29) is 18.7 Å². The molecule has 3 aromatic carbocycles. The zero-order chi connectivity index (χ0) is 17.4. The lowest BCUT2D eigenvalue weighted by Gasteiger charge is -2.17. The molecular formula is C20H16ClNO3. The molecule has 0 fully saturated rings. The maximum Gasteiger partial charge on any atom is 0.251 e. The van der Waals surface area contributed by atoms with Gasteiger partial charge in [-0.05, 0) is 35.4 Å². The van der Waals surface area contributed by atoms with Crippen molar-refractivity contribution >= 4 is 28.3 Å². The zero-order valence-electron chi connectivity index (χ0n) is 13.6. The minimum absolute atomic E-state index is 0.118. The number of halogens is 1. The second kappa shape index (κ2) is 6.30. The van der Waals surface area contributed by atoms with E-state index in [1.807, 2.05) is 31.2 Å². The van der Waals surface area contributed by atoms with Crippen LogP contribution in [0.15, 0.2) is 54.6 Å². The molecule has 3 aromatic rings. The van der Waals surface area contributed by atoms with Gasteiger partial charge in [-0.1, -0.05) is 54.1 Å². The monoisotopic (exact) mass is 353 g/mol. The summed E-state index contributed by atoms with van der Waals surface area (Å²) in [5.41, 5.74) is 1.51. The van der Waals surface area contributed by atoms with Crippen molar-refractivity contribution in [2.45, 2.75) is 13.0 Å². The van der Waals surface area contributed by atoms with Gasteiger partial charge in [0, 0.05) is 5.56 Å². The third-order valence-electron chi connectivity index (χ3n) is 4.33. The van der Waals surface area contributed by atoms with Gasteiger partial charge in [0.15, 0.2) is 11.5 Å². The minimum atomic E-state index is -0.208. The highest BCUT2D eigenvalue weighted by Gasteiger charge is 2.21. The van der Waals surface area contributed by atoms with Gasteiger partial charge in [0.2, 0.25) is 6.79 Å². The molecule has 1 aliphatic heterocycles. The summed E-state index contributed by atoms with van der Waals surface area (Å²) in [4.78, 5) is 12.7. The molecule has 126 valence electrons. The molecule has 1 heterocycles. The fourth-order valence-corrected chi connectivity index (χ4v) is 3.35. The molecule has 5 heteroatoms. The Bertz CT molecular complexity index is 965. The number of benzene rings is 3. The lowest BCUT2D eigenvalue weighted by atomic mass is 9.99. The Morgan fingerprint density at radius 3 is 2.80 bits per heavy atom. The van der Waals surface area contributed by atoms with E-state index >= 15 is 0 Å². The van der Waals surface area contributed by atoms with Crippen molar-refractivity contribution in [3.05, 3.63) is 70.7 Å². The van der Waals surface area contributed by atoms with Gasteiger partial charge >= 0.3 is 0 Å². The predicted octanol–water partition coefficient (Wildman–Crippen LogP) is 4.71. The fraction of sp³-hybridized carbons (Fsp3) is 0.150. The van der Waals surface area contributed by atoms with Crippen molar-refractivity contribution < 1.29 is 14.3 Å². The number of rotatable bonds is 3. The molecule has 0 saturated heterocycles. The molecule has 4 nitrogen and oxygen atoms in total. The van der Waals surface area contributed by atoms with E-state index < -0.39 is 0 Å². The normalized spacial score (nSPS) is 13.7. The van der Waals surface area contributed by atoms with Crippen molar-refractivity contribution in [1.29, 1.82) is 0 Å². The van der Waals surface area contributed by atoms with Crippen LogP contribution in [0.25, 0.3) is 10.8 Å². The zero-order valence-corrected chi connectivity index (χ0v) is 14.3. The van der Waals surface area contributed by atoms with Crippen molar-refractivity contribution in [2.75, 3.05) is 6.79 Å². The Balaban J connectivity index is 1.61. The Hall–Kier alpha value is -2.72. The van der Waals surface area contributed by atoms with Crippen LogP contribution in [0.4, 0.5) is 0 Å². The molecule has 0 aromatic heterocycles. The maximum atomic E-state index is 12.7. The molecule has 0 aliphatic carbocycles. The fourth-order valence-electron chi connectivity index (χ4n) is 3.08. The first kappa shape index (κ1) is 15.8. The number of carbonyl (C=O) groups excluding carboxylic acids is 1. The third-order valence-corrected chi connectivity index (χ3v) is 4.61. The van der Waals surface area contributed by atoms with E-state index in [1.54, 1.807) is 12.1 Å². The first-order valence-electron chi connectivity index (χ1n) is 8.01. The summed E-state index contributed by atoms with van der Waals surface area (Å²) >= 11 is 6.17. The molecule has 1 amide bonds. The summed E-state index contributed by atoms with van der Waals surface area (Å²) in [6, 6.07) is 17.3. The Morgan fingerprint density at radius 2 is 1.92 bits per heavy atom. The summed E-state index contributed by atoms with van der Waals surface area (Å²) in [7, 11) is 0. The van der Waals surface area contributed by atoms with Crippen LogP contribution in [-0.2, 0) is 0 Å². The van der Waals surface area contributed by atoms with E-state index in [4.69, 9.17) is 21.1 Å². The standard InChI is InChI=1S/C20H16ClNO3/c1-12(15-8-4-6-13-5-2-3-7-16(13)15)22-20(23)14-9-17(21)19-18(10-14)24-11-25-19/h2-10,12H,11H2,1H3,(H,22,23)/t12-/m0/s1. The maximum absolute atomic E-state index is 12.7. The van der Waals surface area contributed by atoms with Crippen LogP contribution < -0.4 is 14.8 Å². The smallest absolute Gasteiger partial charge is 0.251 e. The second-order valence-corrected chi connectivity index (χ2v) is 6.36. The minimum Gasteiger partial charge on any atom is -0.454 e. The van der Waals surface area contributed by atoms with Gasteiger partial charge in [0.05, 0.1) is 11.1 Å². The Morgan fingerprint density at radius 1 is 1.12 bits per heavy atom. The number of fused-ring (bicyclic) bond motifs is 2. The molecule has 25 heavy (non-hydrogen) atoms. The van der Waals surface area contributed by atoms with Gasteiger partial charge in [-0.2, -0.15) is 0 Å². The van der Waals surface area contributed by atoms with Gasteiger partial charge in [-0.15, -0.1) is 0 Å². The molecule has 1 atom stereocenters. The Kier molecular flexibility index (Phi) is 3.98. The summed E-state index contributed by atoms with van der Waals surface area (Å²) < 4.78 is 10.6. The van der Waals surface area contributed by atoms with E-state index in [9.17, 15) is 4.79 Å². The van der Waals surface area contributed by atoms with E-state index in [0.717, 1.165) is 16.3 Å². The summed E-state index contributed by atoms with van der Waals surface area (Å²) in [6.45, 7) is 2.08. The van der Waals surface area contributed by atoms with E-state index in [2.05, 4.69) is 23.5 Å². The lowest BCUT2D eigenvalue weighted by molar-refractivity contribution is 0.0939. The molecular weight excluding hydrogens is 338 g/mol. The van der Waals surface area contributed by atoms with Crippen LogP contribution in [0.2, 0.25) is 5.02 Å². The number of ether oxygens (including phenoxy) is 2. The molecule has 4 rings (SSSR count). The number of nitrogens with one attached hydrogen (secondary N) is 1. The van der Waals surface area contributed by atoms with Crippen molar-refractivity contribution in [3.63, 3.8) is 0 Å². The van der Waals surface area contributed by atoms with Crippen LogP contribution in [0.5, 0.6) is 11.5 Å². The number of carbonyl (C=O) groups is 1. The van der Waals surface area contributed by atoms with Gasteiger partial charge in [-0.25, -0.2) is 0 Å². The van der Waals surface area contributed by atoms with Gasteiger partial charge < -0.3 is 14.8 Å². The molecule has 1 aliphatic rings. The molecule has 0 spiro atoms. The van der Waals surface area contributed by atoms with Crippen LogP contribution in [-0.4, -0.2) is 12.7 Å². The van der Waals surface area contributed by atoms with Crippen LogP contribution in [0.1, 0.15) is 28.9 Å². The third kappa shape index (κ3) is 2.89. The SMILES string of the molecule is C[C@H](NC(=O)c1cc(Cl)c2c(c1)OCO2)c1cccc2ccccc12. The van der Waals surface area contributed by atoms with E-state index in [0.29, 0.717) is 22.1 Å². The highest BCUT2D eigenvalue weighted by Crippen LogP contribution is 2.39. The molecule has 0 bridgehead atoms. The highest BCUT2D eigenvalue weighted by molar-refractivity contribution is 6.32. The van der Waals surface area contributed by atoms with Crippen LogP contribution in [0.3, 0.4) is 0 Å². The van der Waals surface area contributed by atoms with Gasteiger partial charge in [0.25, 0.3) is 5.91 Å². The number of hydrogen-bond acceptors (Lipinski definition) is 3. The highest BCUT2D eigenvalue weighted by atomic mass is 35.5. The van der Waals surface area contributed by atoms with Crippen molar-refractivity contribution in [1.82, 2.24) is 5.32 Å². The predicted molar refractivity (Wildman–Crippen MR) is 97.4 cm³/mol. The topological polar surface area (TPSA) is 47.6 Å². The van der Waals surface area contributed by atoms with Gasteiger partial charge in [0.1, 0.15) is 0 Å². The van der Waals surface area contributed by atoms with Gasteiger partial charge in [-0.3, -0.25) is 4.79 Å².